The van der Waals surface area contributed by atoms with Crippen LogP contribution in [-0.4, -0.2) is 11.1 Å². The van der Waals surface area contributed by atoms with Crippen LogP contribution < -0.4 is 0 Å². The number of carboxylic acids is 1. The van der Waals surface area contributed by atoms with Gasteiger partial charge in [0, 0.05) is 10.6 Å². The molecule has 0 saturated heterocycles. The highest BCUT2D eigenvalue weighted by Crippen LogP contribution is 2.14. The molecule has 0 aliphatic heterocycles. The van der Waals surface area contributed by atoms with Gasteiger partial charge in [-0.15, -0.1) is 0 Å². The zero-order valence-electron chi connectivity index (χ0n) is 7.47. The van der Waals surface area contributed by atoms with Crippen LogP contribution in [0.15, 0.2) is 22.8 Å². The van der Waals surface area contributed by atoms with Crippen LogP contribution in [0.1, 0.15) is 20.8 Å². The summed E-state index contributed by atoms with van der Waals surface area (Å²) in [6, 6.07) is 0. The monoisotopic (exact) mass is 188 g/mol. The van der Waals surface area contributed by atoms with Crippen LogP contribution in [0.3, 0.4) is 0 Å². The number of rotatable bonds is 3. The Labute approximate surface area is 77.5 Å². The van der Waals surface area contributed by atoms with Crippen LogP contribution in [0.4, 0.5) is 0 Å². The van der Waals surface area contributed by atoms with E-state index in [4.69, 9.17) is 16.7 Å². The fourth-order valence-electron chi connectivity index (χ4n) is 0.707. The highest BCUT2D eigenvalue weighted by Gasteiger charge is 2.11. The van der Waals surface area contributed by atoms with E-state index in [0.717, 1.165) is 0 Å². The van der Waals surface area contributed by atoms with Crippen molar-refractivity contribution >= 4 is 17.6 Å². The first-order chi connectivity index (χ1) is 5.49. The second kappa shape index (κ2) is 4.99. The minimum atomic E-state index is -0.912. The van der Waals surface area contributed by atoms with Crippen LogP contribution >= 0.6 is 11.6 Å². The Bertz CT molecular complexity index is 227. The molecular formula is C9H13ClO2. The van der Waals surface area contributed by atoms with Crippen molar-refractivity contribution in [1.29, 1.82) is 0 Å². The Morgan fingerprint density at radius 3 is 2.25 bits per heavy atom. The van der Waals surface area contributed by atoms with Crippen LogP contribution in [-0.2, 0) is 4.79 Å². The Kier molecular flexibility index (Phi) is 4.67. The molecule has 0 aromatic carbocycles. The van der Waals surface area contributed by atoms with Crippen molar-refractivity contribution in [1.82, 2.24) is 0 Å². The second-order valence-electron chi connectivity index (χ2n) is 2.73. The molecule has 0 spiro atoms. The fraction of sp³-hybridized carbons (Fsp3) is 0.444. The number of carboxylic acid groups (broad SMARTS) is 1. The number of hydrogen-bond donors (Lipinski definition) is 1. The first-order valence-corrected chi connectivity index (χ1v) is 4.13. The van der Waals surface area contributed by atoms with Crippen molar-refractivity contribution < 1.29 is 9.90 Å². The molecule has 3 heteroatoms. The normalized spacial score (nSPS) is 13.8. The molecule has 0 fully saturated rings. The third-order valence-corrected chi connectivity index (χ3v) is 1.77. The van der Waals surface area contributed by atoms with Gasteiger partial charge in [0.15, 0.2) is 0 Å². The Morgan fingerprint density at radius 2 is 2.00 bits per heavy atom. The van der Waals surface area contributed by atoms with Gasteiger partial charge in [0.25, 0.3) is 0 Å². The van der Waals surface area contributed by atoms with Crippen molar-refractivity contribution in [2.75, 3.05) is 0 Å². The lowest BCUT2D eigenvalue weighted by Crippen LogP contribution is -2.06. The number of aliphatic carboxylic acids is 1. The fourth-order valence-corrected chi connectivity index (χ4v) is 0.825. The lowest BCUT2D eigenvalue weighted by molar-refractivity contribution is -0.133. The van der Waals surface area contributed by atoms with Gasteiger partial charge < -0.3 is 5.11 Å². The van der Waals surface area contributed by atoms with Crippen LogP contribution in [0, 0.1) is 5.92 Å². The summed E-state index contributed by atoms with van der Waals surface area (Å²) in [7, 11) is 0. The summed E-state index contributed by atoms with van der Waals surface area (Å²) in [5.74, 6) is -0.929. The van der Waals surface area contributed by atoms with Crippen LogP contribution in [0.25, 0.3) is 0 Å². The van der Waals surface area contributed by atoms with Gasteiger partial charge in [0.2, 0.25) is 0 Å². The van der Waals surface area contributed by atoms with E-state index in [1.165, 1.54) is 6.08 Å². The molecule has 2 nitrogen and oxygen atoms in total. The largest absolute Gasteiger partial charge is 0.478 e. The van der Waals surface area contributed by atoms with E-state index in [9.17, 15) is 4.79 Å². The molecule has 0 aromatic rings. The predicted molar refractivity (Wildman–Crippen MR) is 50.2 cm³/mol. The van der Waals surface area contributed by atoms with E-state index < -0.39 is 5.97 Å². The summed E-state index contributed by atoms with van der Waals surface area (Å²) >= 11 is 5.67. The standard InChI is InChI=1S/C9H13ClO2/c1-4-7(10)5-8(6(2)3)9(11)12/h4-6H,1-3H3,(H,11,12)/b7-4+,8-5+. The molecule has 1 N–H and O–H groups in total. The van der Waals surface area contributed by atoms with E-state index >= 15 is 0 Å². The molecule has 0 saturated carbocycles. The highest BCUT2D eigenvalue weighted by molar-refractivity contribution is 6.31. The van der Waals surface area contributed by atoms with Crippen molar-refractivity contribution in [2.45, 2.75) is 20.8 Å². The molecule has 0 heterocycles. The number of halogens is 1. The summed E-state index contributed by atoms with van der Waals surface area (Å²) in [4.78, 5) is 10.6. The van der Waals surface area contributed by atoms with E-state index in [2.05, 4.69) is 0 Å². The SMILES string of the molecule is C/C=C(Cl)\C=C(\C(=O)O)C(C)C. The minimum Gasteiger partial charge on any atom is -0.478 e. The molecule has 0 aliphatic rings. The first-order valence-electron chi connectivity index (χ1n) is 3.75. The molecule has 68 valence electrons. The Hall–Kier alpha value is -0.760. The molecule has 0 atom stereocenters. The van der Waals surface area contributed by atoms with Gasteiger partial charge in [-0.3, -0.25) is 0 Å². The predicted octanol–water partition coefficient (Wildman–Crippen LogP) is 2.80. The molecule has 0 aliphatic carbocycles. The topological polar surface area (TPSA) is 37.3 Å². The molecule has 0 amide bonds. The average Bonchev–Trinajstić information content (AvgIpc) is 1.98. The molecular weight excluding hydrogens is 176 g/mol. The first kappa shape index (κ1) is 11.2. The highest BCUT2D eigenvalue weighted by atomic mass is 35.5. The molecule has 0 radical (unpaired) electrons. The van der Waals surface area contributed by atoms with Gasteiger partial charge in [-0.05, 0) is 18.9 Å². The molecule has 0 aromatic heterocycles. The number of carbonyl (C=O) groups is 1. The lowest BCUT2D eigenvalue weighted by atomic mass is 10.0. The van der Waals surface area contributed by atoms with Gasteiger partial charge >= 0.3 is 5.97 Å². The number of allylic oxidation sites excluding steroid dienone is 3. The zero-order chi connectivity index (χ0) is 9.72. The Balaban J connectivity index is 4.74. The van der Waals surface area contributed by atoms with Crippen molar-refractivity contribution in [3.8, 4) is 0 Å². The second-order valence-corrected chi connectivity index (χ2v) is 3.17. The van der Waals surface area contributed by atoms with Gasteiger partial charge in [0.1, 0.15) is 0 Å². The smallest absolute Gasteiger partial charge is 0.331 e. The summed E-state index contributed by atoms with van der Waals surface area (Å²) in [5.41, 5.74) is 0.332. The van der Waals surface area contributed by atoms with Crippen molar-refractivity contribution in [3.05, 3.63) is 22.8 Å². The summed E-state index contributed by atoms with van der Waals surface area (Å²) in [6.45, 7) is 5.40. The molecule has 0 bridgehead atoms. The average molecular weight is 189 g/mol. The maximum absolute atomic E-state index is 10.6. The van der Waals surface area contributed by atoms with E-state index in [1.54, 1.807) is 13.0 Å². The Morgan fingerprint density at radius 1 is 1.50 bits per heavy atom. The van der Waals surface area contributed by atoms with Crippen molar-refractivity contribution in [3.63, 3.8) is 0 Å². The maximum Gasteiger partial charge on any atom is 0.331 e. The van der Waals surface area contributed by atoms with Crippen LogP contribution in [0.5, 0.6) is 0 Å². The summed E-state index contributed by atoms with van der Waals surface area (Å²) in [6.07, 6.45) is 3.14. The minimum absolute atomic E-state index is 0.0174. The van der Waals surface area contributed by atoms with Crippen LogP contribution in [0.2, 0.25) is 0 Å². The van der Waals surface area contributed by atoms with Crippen molar-refractivity contribution in [2.24, 2.45) is 5.92 Å². The van der Waals surface area contributed by atoms with E-state index in [0.29, 0.717) is 10.6 Å². The van der Waals surface area contributed by atoms with E-state index in [-0.39, 0.29) is 5.92 Å². The summed E-state index contributed by atoms with van der Waals surface area (Å²) < 4.78 is 0. The number of hydrogen-bond acceptors (Lipinski definition) is 1. The van der Waals surface area contributed by atoms with Gasteiger partial charge in [-0.25, -0.2) is 4.79 Å². The molecule has 12 heavy (non-hydrogen) atoms. The lowest BCUT2D eigenvalue weighted by Gasteiger charge is -2.04. The van der Waals surface area contributed by atoms with E-state index in [1.807, 2.05) is 13.8 Å². The third-order valence-electron chi connectivity index (χ3n) is 1.44. The zero-order valence-corrected chi connectivity index (χ0v) is 8.22. The van der Waals surface area contributed by atoms with Gasteiger partial charge in [0.05, 0.1) is 0 Å². The molecule has 0 unspecified atom stereocenters. The van der Waals surface area contributed by atoms with Gasteiger partial charge in [-0.1, -0.05) is 31.5 Å². The third kappa shape index (κ3) is 3.58. The quantitative estimate of drug-likeness (QED) is 0.546. The summed E-state index contributed by atoms with van der Waals surface area (Å²) in [5, 5.41) is 9.19. The molecule has 0 rings (SSSR count). The van der Waals surface area contributed by atoms with Gasteiger partial charge in [-0.2, -0.15) is 0 Å². The maximum atomic E-state index is 10.6.